The monoisotopic (exact) mass is 435 g/mol. The van der Waals surface area contributed by atoms with E-state index in [1.807, 2.05) is 6.07 Å². The Kier molecular flexibility index (Phi) is 5.26. The second-order valence-corrected chi connectivity index (χ2v) is 7.85. The van der Waals surface area contributed by atoms with Crippen LogP contribution in [0.1, 0.15) is 23.1 Å². The number of aryl methyl sites for hydroxylation is 2. The summed E-state index contributed by atoms with van der Waals surface area (Å²) in [5.41, 5.74) is 4.02. The van der Waals surface area contributed by atoms with Gasteiger partial charge >= 0.3 is 5.97 Å². The van der Waals surface area contributed by atoms with Gasteiger partial charge in [0.1, 0.15) is 12.2 Å². The number of amides is 2. The van der Waals surface area contributed by atoms with Gasteiger partial charge in [-0.1, -0.05) is 12.1 Å². The highest BCUT2D eigenvalue weighted by Gasteiger charge is 2.28. The molecule has 0 fully saturated rings. The molecule has 2 heterocycles. The minimum absolute atomic E-state index is 0.0207. The molecule has 8 nitrogen and oxygen atoms in total. The third-order valence-corrected chi connectivity index (χ3v) is 5.63. The number of benzene rings is 2. The Balaban J connectivity index is 1.13. The zero-order chi connectivity index (χ0) is 22.1. The van der Waals surface area contributed by atoms with Crippen molar-refractivity contribution in [1.82, 2.24) is 5.32 Å². The maximum Gasteiger partial charge on any atom is 0.310 e. The number of nitrogens with one attached hydrogen (secondary N) is 1. The Morgan fingerprint density at radius 1 is 1.06 bits per heavy atom. The average Bonchev–Trinajstić information content (AvgIpc) is 3.42. The summed E-state index contributed by atoms with van der Waals surface area (Å²) in [5, 5.41) is 3.06. The molecule has 0 saturated heterocycles. The quantitative estimate of drug-likeness (QED) is 0.614. The number of furan rings is 1. The van der Waals surface area contributed by atoms with Crippen LogP contribution in [0.2, 0.25) is 0 Å². The first-order chi connectivity index (χ1) is 15.6. The fourth-order valence-corrected chi connectivity index (χ4v) is 4.04. The number of fused-ring (bicyclic) bond motifs is 3. The summed E-state index contributed by atoms with van der Waals surface area (Å²) in [5.74, 6) is -1.01. The highest BCUT2D eigenvalue weighted by molar-refractivity contribution is 5.98. The van der Waals surface area contributed by atoms with Gasteiger partial charge in [0.2, 0.25) is 6.10 Å². The lowest BCUT2D eigenvalue weighted by Gasteiger charge is -2.25. The van der Waals surface area contributed by atoms with Crippen LogP contribution in [-0.4, -0.2) is 37.1 Å². The Hall–Kier alpha value is -3.81. The molecule has 2 aliphatic rings. The Labute approximate surface area is 183 Å². The number of hydrogen-bond acceptors (Lipinski definition) is 7. The predicted molar refractivity (Wildman–Crippen MR) is 112 cm³/mol. The van der Waals surface area contributed by atoms with Crippen molar-refractivity contribution >= 4 is 28.8 Å². The molecule has 32 heavy (non-hydrogen) atoms. The first-order valence-corrected chi connectivity index (χ1v) is 10.5. The molecule has 1 atom stereocenters. The number of hydrogen-bond donors (Lipinski definition) is 1. The zero-order valence-corrected chi connectivity index (χ0v) is 17.2. The molecule has 164 valence electrons. The number of esters is 1. The number of imide groups is 1. The molecule has 3 aromatic rings. The number of ether oxygens (including phenoxy) is 3. The topological polar surface area (TPSA) is 104 Å². The summed E-state index contributed by atoms with van der Waals surface area (Å²) in [6.07, 6.45) is 3.74. The minimum atomic E-state index is -0.969. The molecule has 0 radical (unpaired) electrons. The summed E-state index contributed by atoms with van der Waals surface area (Å²) < 4.78 is 21.7. The van der Waals surface area contributed by atoms with Crippen molar-refractivity contribution < 1.29 is 33.0 Å². The second kappa shape index (κ2) is 8.37. The van der Waals surface area contributed by atoms with Crippen molar-refractivity contribution in [3.63, 3.8) is 0 Å². The van der Waals surface area contributed by atoms with E-state index in [4.69, 9.17) is 18.6 Å². The van der Waals surface area contributed by atoms with Crippen LogP contribution in [0.3, 0.4) is 0 Å². The molecule has 1 aromatic heterocycles. The molecule has 1 aliphatic carbocycles. The Bertz CT molecular complexity index is 1210. The molecular weight excluding hydrogens is 414 g/mol. The van der Waals surface area contributed by atoms with Crippen LogP contribution in [0, 0.1) is 0 Å². The van der Waals surface area contributed by atoms with Crippen LogP contribution in [-0.2, 0) is 38.4 Å². The largest absolute Gasteiger partial charge is 0.485 e. The van der Waals surface area contributed by atoms with Gasteiger partial charge in [0.25, 0.3) is 11.8 Å². The van der Waals surface area contributed by atoms with Gasteiger partial charge in [0.05, 0.1) is 12.7 Å². The molecule has 2 aromatic carbocycles. The van der Waals surface area contributed by atoms with Crippen LogP contribution in [0.15, 0.2) is 47.1 Å². The SMILES string of the molecule is O=C(COC(=O)Cc1coc2cc3c(cc12)CCC3)NC(=O)C1COc2ccccc2O1. The molecule has 5 rings (SSSR count). The van der Waals surface area contributed by atoms with Crippen LogP contribution in [0.25, 0.3) is 11.0 Å². The zero-order valence-electron chi connectivity index (χ0n) is 17.2. The highest BCUT2D eigenvalue weighted by Crippen LogP contribution is 2.31. The third-order valence-electron chi connectivity index (χ3n) is 5.63. The van der Waals surface area contributed by atoms with Crippen molar-refractivity contribution in [2.45, 2.75) is 31.8 Å². The van der Waals surface area contributed by atoms with Gasteiger partial charge in [-0.15, -0.1) is 0 Å². The number of para-hydroxylation sites is 2. The minimum Gasteiger partial charge on any atom is -0.485 e. The second-order valence-electron chi connectivity index (χ2n) is 7.85. The summed E-state index contributed by atoms with van der Waals surface area (Å²) >= 11 is 0. The Morgan fingerprint density at radius 3 is 2.69 bits per heavy atom. The number of rotatable bonds is 5. The molecule has 1 unspecified atom stereocenters. The molecular formula is C24H21NO7. The van der Waals surface area contributed by atoms with E-state index < -0.39 is 30.5 Å². The van der Waals surface area contributed by atoms with Crippen molar-refractivity contribution in [2.75, 3.05) is 13.2 Å². The first-order valence-electron chi connectivity index (χ1n) is 10.5. The van der Waals surface area contributed by atoms with E-state index in [2.05, 4.69) is 11.4 Å². The molecule has 0 saturated carbocycles. The summed E-state index contributed by atoms with van der Waals surface area (Å²) in [6.45, 7) is -0.590. The first kappa shape index (κ1) is 20.1. The van der Waals surface area contributed by atoms with E-state index in [-0.39, 0.29) is 13.0 Å². The van der Waals surface area contributed by atoms with Gasteiger partial charge in [-0.3, -0.25) is 19.7 Å². The number of carbonyl (C=O) groups excluding carboxylic acids is 3. The Morgan fingerprint density at radius 2 is 1.84 bits per heavy atom. The van der Waals surface area contributed by atoms with Gasteiger partial charge in [-0.25, -0.2) is 0 Å². The lowest BCUT2D eigenvalue weighted by molar-refractivity contribution is -0.150. The van der Waals surface area contributed by atoms with Crippen LogP contribution >= 0.6 is 0 Å². The maximum absolute atomic E-state index is 12.3. The van der Waals surface area contributed by atoms with Gasteiger partial charge in [0.15, 0.2) is 18.1 Å². The van der Waals surface area contributed by atoms with Crippen LogP contribution in [0.5, 0.6) is 11.5 Å². The van der Waals surface area contributed by atoms with E-state index in [1.54, 1.807) is 30.5 Å². The molecule has 1 aliphatic heterocycles. The molecule has 0 bridgehead atoms. The predicted octanol–water partition coefficient (Wildman–Crippen LogP) is 2.49. The van der Waals surface area contributed by atoms with Gasteiger partial charge in [-0.2, -0.15) is 0 Å². The van der Waals surface area contributed by atoms with E-state index in [9.17, 15) is 14.4 Å². The molecule has 1 N–H and O–H groups in total. The van der Waals surface area contributed by atoms with E-state index in [0.29, 0.717) is 17.1 Å². The van der Waals surface area contributed by atoms with Crippen molar-refractivity contribution in [3.8, 4) is 11.5 Å². The van der Waals surface area contributed by atoms with Gasteiger partial charge < -0.3 is 18.6 Å². The summed E-state index contributed by atoms with van der Waals surface area (Å²) in [4.78, 5) is 36.6. The standard InChI is InChI=1S/C24H21NO7/c26-22(25-24(28)21-12-30-18-6-1-2-7-19(18)32-21)13-31-23(27)10-16-11-29-20-9-15-5-3-4-14(15)8-17(16)20/h1-2,6-9,11,21H,3-5,10,12-13H2,(H,25,26,28). The van der Waals surface area contributed by atoms with Crippen LogP contribution < -0.4 is 14.8 Å². The van der Waals surface area contributed by atoms with Crippen molar-refractivity contribution in [3.05, 3.63) is 59.4 Å². The maximum atomic E-state index is 12.3. The van der Waals surface area contributed by atoms with Gasteiger partial charge in [-0.05, 0) is 54.7 Å². The van der Waals surface area contributed by atoms with Crippen molar-refractivity contribution in [1.29, 1.82) is 0 Å². The molecule has 0 spiro atoms. The lowest BCUT2D eigenvalue weighted by Crippen LogP contribution is -2.47. The van der Waals surface area contributed by atoms with Crippen LogP contribution in [0.4, 0.5) is 0 Å². The molecule has 8 heteroatoms. The fraction of sp³-hybridized carbons (Fsp3) is 0.292. The van der Waals surface area contributed by atoms with Gasteiger partial charge in [0, 0.05) is 10.9 Å². The fourth-order valence-electron chi connectivity index (χ4n) is 4.04. The van der Waals surface area contributed by atoms with E-state index in [1.165, 1.54) is 11.1 Å². The van der Waals surface area contributed by atoms with E-state index in [0.717, 1.165) is 30.2 Å². The highest BCUT2D eigenvalue weighted by atomic mass is 16.6. The van der Waals surface area contributed by atoms with Crippen molar-refractivity contribution in [2.24, 2.45) is 0 Å². The van der Waals surface area contributed by atoms with E-state index >= 15 is 0 Å². The smallest absolute Gasteiger partial charge is 0.310 e. The molecule has 2 amide bonds. The number of carbonyl (C=O) groups is 3. The third kappa shape index (κ3) is 4.03. The average molecular weight is 435 g/mol. The lowest BCUT2D eigenvalue weighted by atomic mass is 10.0. The summed E-state index contributed by atoms with van der Waals surface area (Å²) in [6, 6.07) is 11.0. The summed E-state index contributed by atoms with van der Waals surface area (Å²) in [7, 11) is 0. The normalized spacial score (nSPS) is 16.4.